The number of rotatable bonds is 4. The van der Waals surface area contributed by atoms with Crippen LogP contribution >= 0.6 is 0 Å². The summed E-state index contributed by atoms with van der Waals surface area (Å²) in [6.07, 6.45) is 3.00. The van der Waals surface area contributed by atoms with Crippen molar-refractivity contribution in [2.45, 2.75) is 57.7 Å². The number of fused-ring (bicyclic) bond motifs is 2. The highest BCUT2D eigenvalue weighted by Gasteiger charge is 2.25. The second-order valence-electron chi connectivity index (χ2n) is 8.89. The highest BCUT2D eigenvalue weighted by Crippen LogP contribution is 2.28. The molecule has 1 aromatic carbocycles. The number of benzene rings is 1. The Morgan fingerprint density at radius 3 is 2.52 bits per heavy atom. The quantitative estimate of drug-likeness (QED) is 0.651. The Kier molecular flexibility index (Phi) is 8.11. The van der Waals surface area contributed by atoms with Gasteiger partial charge in [-0.1, -0.05) is 5.16 Å². The van der Waals surface area contributed by atoms with E-state index < -0.39 is 12.5 Å². The Balaban J connectivity index is 0.000000401. The number of halogens is 3. The molecule has 0 radical (unpaired) electrons. The molecular formula is C23H32F3N3O2. The van der Waals surface area contributed by atoms with Crippen molar-refractivity contribution in [3.63, 3.8) is 0 Å². The first kappa shape index (κ1) is 23.7. The lowest BCUT2D eigenvalue weighted by Gasteiger charge is -2.28. The summed E-state index contributed by atoms with van der Waals surface area (Å²) in [6, 6.07) is 4.60. The number of hydrogen-bond acceptors (Lipinski definition) is 5. The summed E-state index contributed by atoms with van der Waals surface area (Å²) in [5.41, 5.74) is 5.06. The Labute approximate surface area is 181 Å². The van der Waals surface area contributed by atoms with Crippen LogP contribution in [0.5, 0.6) is 0 Å². The molecule has 0 spiro atoms. The van der Waals surface area contributed by atoms with Gasteiger partial charge in [-0.25, -0.2) is 0 Å². The highest BCUT2D eigenvalue weighted by molar-refractivity contribution is 5.81. The van der Waals surface area contributed by atoms with Gasteiger partial charge >= 0.3 is 6.18 Å². The molecule has 3 heterocycles. The minimum Gasteiger partial charge on any atom is -0.356 e. The molecule has 1 aromatic heterocycles. The Morgan fingerprint density at radius 2 is 1.84 bits per heavy atom. The topological polar surface area (TPSA) is 49.6 Å². The van der Waals surface area contributed by atoms with Crippen molar-refractivity contribution in [1.82, 2.24) is 15.0 Å². The summed E-state index contributed by atoms with van der Waals surface area (Å²) in [4.78, 5) is 13.6. The zero-order valence-corrected chi connectivity index (χ0v) is 18.4. The molecule has 1 saturated heterocycles. The smallest absolute Gasteiger partial charge is 0.356 e. The molecule has 0 N–H and O–H groups in total. The Bertz CT molecular complexity index is 858. The fraction of sp³-hybridized carbons (Fsp3) is 0.652. The van der Waals surface area contributed by atoms with E-state index in [4.69, 9.17) is 9.32 Å². The largest absolute Gasteiger partial charge is 0.446 e. The molecule has 4 rings (SSSR count). The molecular weight excluding hydrogens is 407 g/mol. The molecule has 31 heavy (non-hydrogen) atoms. The number of nitrogens with zero attached hydrogens (tertiary/aromatic N) is 3. The zero-order chi connectivity index (χ0) is 22.4. The number of aldehydes is 1. The summed E-state index contributed by atoms with van der Waals surface area (Å²) in [7, 11) is 4.45. The molecule has 1 fully saturated rings. The van der Waals surface area contributed by atoms with E-state index >= 15 is 0 Å². The molecule has 0 aliphatic carbocycles. The molecule has 0 atom stereocenters. The maximum atomic E-state index is 10.4. The van der Waals surface area contributed by atoms with E-state index in [2.05, 4.69) is 41.2 Å². The summed E-state index contributed by atoms with van der Waals surface area (Å²) < 4.78 is 36.9. The van der Waals surface area contributed by atoms with Gasteiger partial charge in [0.2, 0.25) is 6.29 Å². The van der Waals surface area contributed by atoms with Crippen LogP contribution in [0.3, 0.4) is 0 Å². The first-order valence-corrected chi connectivity index (χ1v) is 11.1. The summed E-state index contributed by atoms with van der Waals surface area (Å²) in [5.74, 6) is 0.902. The van der Waals surface area contributed by atoms with Crippen molar-refractivity contribution < 1.29 is 22.5 Å². The van der Waals surface area contributed by atoms with E-state index in [-0.39, 0.29) is 0 Å². The second kappa shape index (κ2) is 10.6. The molecule has 2 aliphatic rings. The van der Waals surface area contributed by atoms with E-state index in [9.17, 15) is 13.2 Å². The fourth-order valence-corrected chi connectivity index (χ4v) is 4.50. The summed E-state index contributed by atoms with van der Waals surface area (Å²) in [6.45, 7) is 4.75. The van der Waals surface area contributed by atoms with Crippen LogP contribution in [0.4, 0.5) is 13.2 Å². The molecule has 0 amide bonds. The van der Waals surface area contributed by atoms with Gasteiger partial charge in [-0.15, -0.1) is 0 Å². The van der Waals surface area contributed by atoms with E-state index in [1.165, 1.54) is 68.3 Å². The third-order valence-corrected chi connectivity index (χ3v) is 6.29. The molecule has 2 aromatic rings. The molecule has 0 saturated carbocycles. The Morgan fingerprint density at radius 1 is 1.13 bits per heavy atom. The van der Waals surface area contributed by atoms with Gasteiger partial charge in [0, 0.05) is 11.9 Å². The minimum absolute atomic E-state index is 0.902. The number of aryl methyl sites for hydroxylation is 2. The van der Waals surface area contributed by atoms with E-state index in [1.807, 2.05) is 0 Å². The lowest BCUT2D eigenvalue weighted by molar-refractivity contribution is -0.156. The van der Waals surface area contributed by atoms with Gasteiger partial charge in [-0.2, -0.15) is 13.2 Å². The van der Waals surface area contributed by atoms with Gasteiger partial charge in [-0.3, -0.25) is 4.79 Å². The SMILES string of the molecule is CN1CCC(CCCc2noc3cc4c(cc23)CN(C)CCC4)CC1.O=CC(F)(F)F. The van der Waals surface area contributed by atoms with Gasteiger partial charge in [0.15, 0.2) is 5.58 Å². The average Bonchev–Trinajstić information content (AvgIpc) is 3.01. The van der Waals surface area contributed by atoms with E-state index in [1.54, 1.807) is 0 Å². The second-order valence-corrected chi connectivity index (χ2v) is 8.89. The molecule has 0 unspecified atom stereocenters. The predicted molar refractivity (Wildman–Crippen MR) is 114 cm³/mol. The molecule has 5 nitrogen and oxygen atoms in total. The van der Waals surface area contributed by atoms with Crippen LogP contribution in [0.1, 0.15) is 48.9 Å². The highest BCUT2D eigenvalue weighted by atomic mass is 19.4. The van der Waals surface area contributed by atoms with Crippen LogP contribution in [-0.2, 0) is 24.2 Å². The molecule has 2 aliphatic heterocycles. The standard InChI is InChI=1S/C21H31N3O.C2HF3O/c1-23-11-8-16(9-12-23)5-3-7-20-19-13-18-15-24(2)10-4-6-17(18)14-21(19)25-22-20;3-2(4,5)1-6/h13-14,16H,3-12,15H2,1-2H3;1H. The Hall–Kier alpha value is -1.93. The van der Waals surface area contributed by atoms with Gasteiger partial charge in [0.1, 0.15) is 0 Å². The average molecular weight is 440 g/mol. The van der Waals surface area contributed by atoms with E-state index in [0.717, 1.165) is 36.6 Å². The number of carbonyl (C=O) groups excluding carboxylic acids is 1. The monoisotopic (exact) mass is 439 g/mol. The van der Waals surface area contributed by atoms with Crippen molar-refractivity contribution in [3.8, 4) is 0 Å². The van der Waals surface area contributed by atoms with Crippen LogP contribution in [-0.4, -0.2) is 61.1 Å². The van der Waals surface area contributed by atoms with Crippen molar-refractivity contribution in [2.24, 2.45) is 5.92 Å². The lowest BCUT2D eigenvalue weighted by atomic mass is 9.91. The van der Waals surface area contributed by atoms with Crippen LogP contribution in [0.2, 0.25) is 0 Å². The van der Waals surface area contributed by atoms with E-state index in [0.29, 0.717) is 0 Å². The fourth-order valence-electron chi connectivity index (χ4n) is 4.50. The maximum Gasteiger partial charge on any atom is 0.446 e. The molecule has 8 heteroatoms. The number of alkyl halides is 3. The van der Waals surface area contributed by atoms with Gasteiger partial charge in [0.25, 0.3) is 0 Å². The number of aromatic nitrogens is 1. The van der Waals surface area contributed by atoms with Gasteiger partial charge in [-0.05, 0) is 108 Å². The third kappa shape index (κ3) is 7.04. The normalized spacial score (nSPS) is 18.9. The maximum absolute atomic E-state index is 10.4. The van der Waals surface area contributed by atoms with Gasteiger partial charge in [0.05, 0.1) is 5.69 Å². The zero-order valence-electron chi connectivity index (χ0n) is 18.4. The lowest BCUT2D eigenvalue weighted by Crippen LogP contribution is -2.30. The van der Waals surface area contributed by atoms with Crippen molar-refractivity contribution in [1.29, 1.82) is 0 Å². The summed E-state index contributed by atoms with van der Waals surface area (Å²) in [5, 5.41) is 5.65. The molecule has 172 valence electrons. The predicted octanol–water partition coefficient (Wildman–Crippen LogP) is 4.62. The number of hydrogen-bond donors (Lipinski definition) is 0. The first-order chi connectivity index (χ1) is 14.7. The van der Waals surface area contributed by atoms with Crippen molar-refractivity contribution >= 4 is 17.3 Å². The van der Waals surface area contributed by atoms with Crippen LogP contribution in [0.25, 0.3) is 11.0 Å². The third-order valence-electron chi connectivity index (χ3n) is 6.29. The van der Waals surface area contributed by atoms with Crippen LogP contribution < -0.4 is 0 Å². The van der Waals surface area contributed by atoms with Crippen molar-refractivity contribution in [3.05, 3.63) is 29.0 Å². The number of carbonyl (C=O) groups is 1. The van der Waals surface area contributed by atoms with Crippen molar-refractivity contribution in [2.75, 3.05) is 33.7 Å². The first-order valence-electron chi connectivity index (χ1n) is 11.1. The van der Waals surface area contributed by atoms with Crippen LogP contribution in [0.15, 0.2) is 16.7 Å². The van der Waals surface area contributed by atoms with Gasteiger partial charge < -0.3 is 14.3 Å². The number of piperidine rings is 1. The van der Waals surface area contributed by atoms with Crippen LogP contribution in [0, 0.1) is 5.92 Å². The number of likely N-dealkylation sites (tertiary alicyclic amines) is 1. The molecule has 0 bridgehead atoms. The minimum atomic E-state index is -4.64. The summed E-state index contributed by atoms with van der Waals surface area (Å²) >= 11 is 0.